The molecule has 0 fully saturated rings. The molecule has 0 saturated heterocycles. The molecule has 0 radical (unpaired) electrons. The van der Waals surface area contributed by atoms with Gasteiger partial charge >= 0.3 is 5.97 Å². The average molecular weight is 339 g/mol. The van der Waals surface area contributed by atoms with Crippen molar-refractivity contribution in [1.29, 1.82) is 0 Å². The Hall–Kier alpha value is -3.28. The van der Waals surface area contributed by atoms with Crippen LogP contribution in [-0.4, -0.2) is 29.9 Å². The number of aromatic nitrogens is 1. The van der Waals surface area contributed by atoms with Crippen molar-refractivity contribution in [3.05, 3.63) is 70.1 Å². The molecule has 1 N–H and O–H groups in total. The molecule has 0 spiro atoms. The van der Waals surface area contributed by atoms with Gasteiger partial charge in [-0.1, -0.05) is 30.3 Å². The standard InChI is InChI=1S/C19H17NO5/c1-24-16-8-13-14(9-17(16)25-2)18(21)20(11-15(13)19(22)23)10-12-6-4-3-5-7-12/h3-9,11H,10H2,1-2H3,(H,22,23). The van der Waals surface area contributed by atoms with Gasteiger partial charge in [-0.05, 0) is 17.7 Å². The second kappa shape index (κ2) is 6.68. The number of pyridine rings is 1. The van der Waals surface area contributed by atoms with Gasteiger partial charge in [0.1, 0.15) is 0 Å². The van der Waals surface area contributed by atoms with Crippen LogP contribution in [0.5, 0.6) is 11.5 Å². The maximum Gasteiger partial charge on any atom is 0.337 e. The molecule has 0 aliphatic carbocycles. The molecule has 1 aromatic heterocycles. The lowest BCUT2D eigenvalue weighted by Gasteiger charge is -2.13. The summed E-state index contributed by atoms with van der Waals surface area (Å²) in [5.74, 6) is -0.363. The lowest BCUT2D eigenvalue weighted by atomic mass is 10.1. The molecule has 2 aromatic carbocycles. The molecule has 3 rings (SSSR count). The van der Waals surface area contributed by atoms with Crippen LogP contribution in [0.2, 0.25) is 0 Å². The number of nitrogens with zero attached hydrogens (tertiary/aromatic N) is 1. The summed E-state index contributed by atoms with van der Waals surface area (Å²) in [4.78, 5) is 24.5. The van der Waals surface area contributed by atoms with Gasteiger partial charge in [-0.25, -0.2) is 4.79 Å². The normalized spacial score (nSPS) is 10.6. The fourth-order valence-corrected chi connectivity index (χ4v) is 2.79. The predicted molar refractivity (Wildman–Crippen MR) is 93.8 cm³/mol. The van der Waals surface area contributed by atoms with Gasteiger partial charge in [0.15, 0.2) is 11.5 Å². The molecular formula is C19H17NO5. The quantitative estimate of drug-likeness (QED) is 0.773. The summed E-state index contributed by atoms with van der Waals surface area (Å²) in [7, 11) is 2.92. The van der Waals surface area contributed by atoms with Gasteiger partial charge < -0.3 is 19.1 Å². The third-order valence-electron chi connectivity index (χ3n) is 4.02. The van der Waals surface area contributed by atoms with E-state index in [0.717, 1.165) is 5.56 Å². The van der Waals surface area contributed by atoms with Crippen LogP contribution in [0, 0.1) is 0 Å². The highest BCUT2D eigenvalue weighted by Crippen LogP contribution is 2.32. The summed E-state index contributed by atoms with van der Waals surface area (Å²) in [6.45, 7) is 0.282. The summed E-state index contributed by atoms with van der Waals surface area (Å²) in [6.07, 6.45) is 1.37. The van der Waals surface area contributed by atoms with Crippen molar-refractivity contribution < 1.29 is 19.4 Å². The van der Waals surface area contributed by atoms with Crippen molar-refractivity contribution >= 4 is 16.7 Å². The molecule has 25 heavy (non-hydrogen) atoms. The molecule has 6 nitrogen and oxygen atoms in total. The number of aromatic carboxylic acids is 1. The molecular weight excluding hydrogens is 322 g/mol. The Morgan fingerprint density at radius 3 is 2.20 bits per heavy atom. The summed E-state index contributed by atoms with van der Waals surface area (Å²) < 4.78 is 11.9. The number of carbonyl (C=O) groups is 1. The zero-order chi connectivity index (χ0) is 18.0. The number of fused-ring (bicyclic) bond motifs is 1. The summed E-state index contributed by atoms with van der Waals surface area (Å²) in [6, 6.07) is 12.4. The van der Waals surface area contributed by atoms with Gasteiger partial charge in [-0.2, -0.15) is 0 Å². The number of carboxylic acid groups (broad SMARTS) is 1. The number of benzene rings is 2. The largest absolute Gasteiger partial charge is 0.493 e. The molecule has 1 heterocycles. The summed E-state index contributed by atoms with van der Waals surface area (Å²) >= 11 is 0. The molecule has 0 unspecified atom stereocenters. The van der Waals surface area contributed by atoms with Gasteiger partial charge in [0.2, 0.25) is 0 Å². The van der Waals surface area contributed by atoms with Crippen molar-refractivity contribution in [2.24, 2.45) is 0 Å². The number of rotatable bonds is 5. The smallest absolute Gasteiger partial charge is 0.337 e. The molecule has 6 heteroatoms. The van der Waals surface area contributed by atoms with Crippen LogP contribution in [0.3, 0.4) is 0 Å². The van der Waals surface area contributed by atoms with E-state index in [1.807, 2.05) is 30.3 Å². The first-order chi connectivity index (χ1) is 12.0. The highest BCUT2D eigenvalue weighted by Gasteiger charge is 2.17. The van der Waals surface area contributed by atoms with Crippen LogP contribution < -0.4 is 15.0 Å². The first kappa shape index (κ1) is 16.6. The van der Waals surface area contributed by atoms with Crippen LogP contribution in [0.15, 0.2) is 53.5 Å². The van der Waals surface area contributed by atoms with E-state index in [4.69, 9.17) is 9.47 Å². The fraction of sp³-hybridized carbons (Fsp3) is 0.158. The van der Waals surface area contributed by atoms with E-state index in [2.05, 4.69) is 0 Å². The van der Waals surface area contributed by atoms with Crippen molar-refractivity contribution in [2.45, 2.75) is 6.54 Å². The maximum absolute atomic E-state index is 12.8. The Bertz CT molecular complexity index is 992. The molecule has 0 bridgehead atoms. The molecule has 0 aliphatic rings. The Kier molecular flexibility index (Phi) is 4.43. The molecule has 0 aliphatic heterocycles. The molecule has 0 atom stereocenters. The monoisotopic (exact) mass is 339 g/mol. The minimum Gasteiger partial charge on any atom is -0.493 e. The van der Waals surface area contributed by atoms with Crippen molar-refractivity contribution in [1.82, 2.24) is 4.57 Å². The van der Waals surface area contributed by atoms with Gasteiger partial charge in [-0.3, -0.25) is 4.79 Å². The van der Waals surface area contributed by atoms with E-state index < -0.39 is 5.97 Å². The zero-order valence-electron chi connectivity index (χ0n) is 13.9. The Balaban J connectivity index is 2.28. The SMILES string of the molecule is COc1cc2c(C(=O)O)cn(Cc3ccccc3)c(=O)c2cc1OC. The Morgan fingerprint density at radius 2 is 1.64 bits per heavy atom. The maximum atomic E-state index is 12.8. The van der Waals surface area contributed by atoms with Crippen molar-refractivity contribution in [2.75, 3.05) is 14.2 Å². The molecule has 0 amide bonds. The second-order valence-electron chi connectivity index (χ2n) is 5.52. The van der Waals surface area contributed by atoms with Crippen LogP contribution in [0.25, 0.3) is 10.8 Å². The topological polar surface area (TPSA) is 77.8 Å². The van der Waals surface area contributed by atoms with E-state index in [1.54, 1.807) is 0 Å². The van der Waals surface area contributed by atoms with E-state index in [0.29, 0.717) is 16.9 Å². The van der Waals surface area contributed by atoms with Crippen LogP contribution in [-0.2, 0) is 6.54 Å². The fourth-order valence-electron chi connectivity index (χ4n) is 2.79. The Morgan fingerprint density at radius 1 is 1.04 bits per heavy atom. The molecule has 128 valence electrons. The van der Waals surface area contributed by atoms with Gasteiger partial charge in [0.25, 0.3) is 5.56 Å². The minimum absolute atomic E-state index is 0.0338. The minimum atomic E-state index is -1.11. The number of hydrogen-bond acceptors (Lipinski definition) is 4. The van der Waals surface area contributed by atoms with Gasteiger partial charge in [0, 0.05) is 11.6 Å². The number of ether oxygens (including phenoxy) is 2. The highest BCUT2D eigenvalue weighted by atomic mass is 16.5. The van der Waals surface area contributed by atoms with Crippen LogP contribution in [0.4, 0.5) is 0 Å². The number of hydrogen-bond donors (Lipinski definition) is 1. The second-order valence-corrected chi connectivity index (χ2v) is 5.52. The molecule has 3 aromatic rings. The van der Waals surface area contributed by atoms with E-state index in [1.165, 1.54) is 37.1 Å². The highest BCUT2D eigenvalue weighted by molar-refractivity contribution is 6.04. The first-order valence-corrected chi connectivity index (χ1v) is 7.61. The van der Waals surface area contributed by atoms with Crippen molar-refractivity contribution in [3.63, 3.8) is 0 Å². The third-order valence-corrected chi connectivity index (χ3v) is 4.02. The third kappa shape index (κ3) is 3.06. The zero-order valence-corrected chi connectivity index (χ0v) is 13.9. The number of carboxylic acids is 1. The molecule has 0 saturated carbocycles. The lowest BCUT2D eigenvalue weighted by Crippen LogP contribution is -2.22. The van der Waals surface area contributed by atoms with Crippen LogP contribution >= 0.6 is 0 Å². The van der Waals surface area contributed by atoms with Gasteiger partial charge in [0.05, 0.1) is 31.7 Å². The van der Waals surface area contributed by atoms with Crippen LogP contribution in [0.1, 0.15) is 15.9 Å². The van der Waals surface area contributed by atoms with E-state index in [9.17, 15) is 14.7 Å². The lowest BCUT2D eigenvalue weighted by molar-refractivity contribution is 0.0698. The first-order valence-electron chi connectivity index (χ1n) is 7.61. The van der Waals surface area contributed by atoms with Crippen molar-refractivity contribution in [3.8, 4) is 11.5 Å². The van der Waals surface area contributed by atoms with Gasteiger partial charge in [-0.15, -0.1) is 0 Å². The number of methoxy groups -OCH3 is 2. The summed E-state index contributed by atoms with van der Waals surface area (Å²) in [5, 5.41) is 10.2. The Labute approximate surface area is 143 Å². The average Bonchev–Trinajstić information content (AvgIpc) is 2.63. The summed E-state index contributed by atoms with van der Waals surface area (Å²) in [5.41, 5.74) is 0.650. The van der Waals surface area contributed by atoms with E-state index in [-0.39, 0.29) is 23.1 Å². The predicted octanol–water partition coefficient (Wildman–Crippen LogP) is 2.77. The van der Waals surface area contributed by atoms with E-state index >= 15 is 0 Å².